The first kappa shape index (κ1) is 13.9. The van der Waals surface area contributed by atoms with Gasteiger partial charge >= 0.3 is 0 Å². The van der Waals surface area contributed by atoms with Crippen LogP contribution in [0.2, 0.25) is 5.02 Å². The SMILES string of the molecule is Cc1ccc(-c2nc3c(Br)c(N)c(Br)cc3o2)cc1Cl. The van der Waals surface area contributed by atoms with Gasteiger partial charge in [-0.15, -0.1) is 0 Å². The Morgan fingerprint density at radius 1 is 1.25 bits per heavy atom. The maximum absolute atomic E-state index is 6.14. The highest BCUT2D eigenvalue weighted by Crippen LogP contribution is 2.37. The number of hydrogen-bond acceptors (Lipinski definition) is 3. The normalized spacial score (nSPS) is 11.2. The van der Waals surface area contributed by atoms with Crippen LogP contribution in [0.3, 0.4) is 0 Å². The number of nitrogens with zero attached hydrogens (tertiary/aromatic N) is 1. The zero-order valence-electron chi connectivity index (χ0n) is 10.4. The van der Waals surface area contributed by atoms with Crippen LogP contribution in [0.25, 0.3) is 22.6 Å². The number of aromatic nitrogens is 1. The second-order valence-corrected chi connectivity index (χ2v) is 6.47. The fraction of sp³-hybridized carbons (Fsp3) is 0.0714. The van der Waals surface area contributed by atoms with Gasteiger partial charge in [-0.05, 0) is 62.5 Å². The van der Waals surface area contributed by atoms with Crippen LogP contribution < -0.4 is 5.73 Å². The molecule has 102 valence electrons. The lowest BCUT2D eigenvalue weighted by molar-refractivity contribution is 0.619. The van der Waals surface area contributed by atoms with E-state index in [9.17, 15) is 0 Å². The molecule has 0 bridgehead atoms. The predicted molar refractivity (Wildman–Crippen MR) is 89.0 cm³/mol. The van der Waals surface area contributed by atoms with Crippen LogP contribution in [0.15, 0.2) is 37.6 Å². The Balaban J connectivity index is 2.23. The molecule has 6 heteroatoms. The molecular formula is C14H9Br2ClN2O. The number of benzene rings is 2. The zero-order valence-corrected chi connectivity index (χ0v) is 14.3. The van der Waals surface area contributed by atoms with Gasteiger partial charge in [-0.1, -0.05) is 17.7 Å². The number of fused-ring (bicyclic) bond motifs is 1. The molecule has 2 aromatic carbocycles. The van der Waals surface area contributed by atoms with Gasteiger partial charge in [0.1, 0.15) is 5.52 Å². The van der Waals surface area contributed by atoms with E-state index in [0.29, 0.717) is 27.7 Å². The molecule has 0 aliphatic carbocycles. The van der Waals surface area contributed by atoms with Crippen LogP contribution >= 0.6 is 43.5 Å². The summed E-state index contributed by atoms with van der Waals surface area (Å²) in [4.78, 5) is 4.48. The van der Waals surface area contributed by atoms with Crippen LogP contribution in [0.4, 0.5) is 5.69 Å². The van der Waals surface area contributed by atoms with Gasteiger partial charge in [0.2, 0.25) is 5.89 Å². The third kappa shape index (κ3) is 2.24. The number of halogens is 3. The maximum Gasteiger partial charge on any atom is 0.227 e. The van der Waals surface area contributed by atoms with E-state index in [2.05, 4.69) is 36.8 Å². The zero-order chi connectivity index (χ0) is 14.4. The highest BCUT2D eigenvalue weighted by molar-refractivity contribution is 9.11. The molecule has 0 radical (unpaired) electrons. The lowest BCUT2D eigenvalue weighted by Gasteiger charge is -1.99. The fourth-order valence-electron chi connectivity index (χ4n) is 1.86. The molecule has 3 nitrogen and oxygen atoms in total. The lowest BCUT2D eigenvalue weighted by Crippen LogP contribution is -1.88. The molecule has 0 saturated carbocycles. The van der Waals surface area contributed by atoms with Gasteiger partial charge in [-0.25, -0.2) is 4.98 Å². The molecule has 0 fully saturated rings. The summed E-state index contributed by atoms with van der Waals surface area (Å²) in [7, 11) is 0. The highest BCUT2D eigenvalue weighted by Gasteiger charge is 2.15. The Kier molecular flexibility index (Phi) is 3.52. The Bertz CT molecular complexity index is 830. The summed E-state index contributed by atoms with van der Waals surface area (Å²) in [6.45, 7) is 1.95. The smallest absolute Gasteiger partial charge is 0.227 e. The second-order valence-electron chi connectivity index (χ2n) is 4.42. The average molecular weight is 416 g/mol. The molecule has 0 spiro atoms. The van der Waals surface area contributed by atoms with Crippen LogP contribution in [0.5, 0.6) is 0 Å². The minimum Gasteiger partial charge on any atom is -0.436 e. The number of hydrogen-bond donors (Lipinski definition) is 1. The molecule has 3 rings (SSSR count). The molecule has 0 atom stereocenters. The van der Waals surface area contributed by atoms with Crippen LogP contribution in [-0.2, 0) is 0 Å². The van der Waals surface area contributed by atoms with E-state index in [-0.39, 0.29) is 0 Å². The largest absolute Gasteiger partial charge is 0.436 e. The highest BCUT2D eigenvalue weighted by atomic mass is 79.9. The van der Waals surface area contributed by atoms with E-state index in [0.717, 1.165) is 20.1 Å². The Labute approximate surface area is 137 Å². The van der Waals surface area contributed by atoms with Crippen LogP contribution in [0.1, 0.15) is 5.56 Å². The average Bonchev–Trinajstić information content (AvgIpc) is 2.83. The van der Waals surface area contributed by atoms with Crippen molar-refractivity contribution in [3.63, 3.8) is 0 Å². The van der Waals surface area contributed by atoms with Crippen molar-refractivity contribution in [3.05, 3.63) is 43.8 Å². The van der Waals surface area contributed by atoms with Gasteiger partial charge in [0.05, 0.1) is 10.2 Å². The molecule has 0 aliphatic rings. The molecule has 20 heavy (non-hydrogen) atoms. The predicted octanol–water partition coefficient (Wildman–Crippen LogP) is 5.56. The van der Waals surface area contributed by atoms with Gasteiger partial charge in [0.15, 0.2) is 5.58 Å². The summed E-state index contributed by atoms with van der Waals surface area (Å²) in [5, 5.41) is 0.685. The van der Waals surface area contributed by atoms with E-state index < -0.39 is 0 Å². The molecule has 0 aliphatic heterocycles. The van der Waals surface area contributed by atoms with Crippen molar-refractivity contribution in [2.45, 2.75) is 6.92 Å². The van der Waals surface area contributed by atoms with E-state index in [1.165, 1.54) is 0 Å². The Hall–Kier alpha value is -1.04. The third-order valence-electron chi connectivity index (χ3n) is 3.03. The monoisotopic (exact) mass is 414 g/mol. The van der Waals surface area contributed by atoms with E-state index in [4.69, 9.17) is 21.8 Å². The van der Waals surface area contributed by atoms with Crippen molar-refractivity contribution >= 4 is 60.2 Å². The number of rotatable bonds is 1. The van der Waals surface area contributed by atoms with E-state index >= 15 is 0 Å². The molecule has 0 amide bonds. The summed E-state index contributed by atoms with van der Waals surface area (Å²) in [6, 6.07) is 7.51. The first-order valence-electron chi connectivity index (χ1n) is 5.78. The molecular weight excluding hydrogens is 407 g/mol. The Morgan fingerprint density at radius 3 is 2.70 bits per heavy atom. The van der Waals surface area contributed by atoms with Crippen LogP contribution in [0, 0.1) is 6.92 Å². The summed E-state index contributed by atoms with van der Waals surface area (Å²) in [5.74, 6) is 0.514. The van der Waals surface area contributed by atoms with Gasteiger partial charge in [0.25, 0.3) is 0 Å². The summed E-state index contributed by atoms with van der Waals surface area (Å²) >= 11 is 13.0. The Morgan fingerprint density at radius 2 is 2.00 bits per heavy atom. The first-order valence-corrected chi connectivity index (χ1v) is 7.74. The number of nitrogens with two attached hydrogens (primary N) is 1. The first-order chi connectivity index (χ1) is 9.47. The maximum atomic E-state index is 6.14. The quantitative estimate of drug-likeness (QED) is 0.528. The summed E-state index contributed by atoms with van der Waals surface area (Å²) in [6.07, 6.45) is 0. The number of nitrogen functional groups attached to an aromatic ring is 1. The van der Waals surface area contributed by atoms with Crippen molar-refractivity contribution in [1.29, 1.82) is 0 Å². The van der Waals surface area contributed by atoms with Crippen molar-refractivity contribution in [2.24, 2.45) is 0 Å². The minimum atomic E-state index is 0.514. The number of anilines is 1. The molecule has 1 aromatic heterocycles. The van der Waals surface area contributed by atoms with E-state index in [1.807, 2.05) is 31.2 Å². The van der Waals surface area contributed by atoms with Gasteiger partial charge < -0.3 is 10.2 Å². The molecule has 3 aromatic rings. The van der Waals surface area contributed by atoms with Crippen LogP contribution in [-0.4, -0.2) is 4.98 Å². The lowest BCUT2D eigenvalue weighted by atomic mass is 10.1. The number of aryl methyl sites for hydroxylation is 1. The van der Waals surface area contributed by atoms with E-state index in [1.54, 1.807) is 0 Å². The minimum absolute atomic E-state index is 0.514. The summed E-state index contributed by atoms with van der Waals surface area (Å²) < 4.78 is 7.26. The summed E-state index contributed by atoms with van der Waals surface area (Å²) in [5.41, 5.74) is 9.73. The molecule has 1 heterocycles. The number of oxazole rings is 1. The fourth-order valence-corrected chi connectivity index (χ4v) is 3.21. The topological polar surface area (TPSA) is 52.0 Å². The van der Waals surface area contributed by atoms with Gasteiger partial charge in [-0.2, -0.15) is 0 Å². The van der Waals surface area contributed by atoms with Crippen molar-refractivity contribution in [2.75, 3.05) is 5.73 Å². The van der Waals surface area contributed by atoms with Crippen molar-refractivity contribution in [1.82, 2.24) is 4.98 Å². The molecule has 2 N–H and O–H groups in total. The second kappa shape index (κ2) is 5.06. The standard InChI is InChI=1S/C14H9Br2ClN2O/c1-6-2-3-7(4-9(6)17)14-19-13-10(20-14)5-8(15)12(18)11(13)16/h2-5H,18H2,1H3. The third-order valence-corrected chi connectivity index (χ3v) is 4.90. The van der Waals surface area contributed by atoms with Crippen molar-refractivity contribution < 1.29 is 4.42 Å². The van der Waals surface area contributed by atoms with Gasteiger partial charge in [-0.3, -0.25) is 0 Å². The van der Waals surface area contributed by atoms with Gasteiger partial charge in [0, 0.05) is 15.1 Å². The molecule has 0 saturated heterocycles. The molecule has 0 unspecified atom stereocenters. The van der Waals surface area contributed by atoms with Crippen molar-refractivity contribution in [3.8, 4) is 11.5 Å².